The van der Waals surface area contributed by atoms with Crippen molar-refractivity contribution in [2.24, 2.45) is 13.0 Å². The topological polar surface area (TPSA) is 67.2 Å². The maximum absolute atomic E-state index is 13.0. The molecule has 6 heteroatoms. The van der Waals surface area contributed by atoms with Crippen molar-refractivity contribution in [3.05, 3.63) is 47.3 Å². The molecule has 0 spiro atoms. The standard InChI is InChI=1S/C19H24N4O2/c1-12-17(13(2)23(4)21-12)20-19(25)15-10-11-16(24)22(3)18(15)14-8-6-5-7-9-14/h5-9,15,18H,10-11H2,1-4H3,(H,20,25). The maximum Gasteiger partial charge on any atom is 0.230 e. The average molecular weight is 340 g/mol. The van der Waals surface area contributed by atoms with Crippen LogP contribution in [0.2, 0.25) is 0 Å². The van der Waals surface area contributed by atoms with Gasteiger partial charge in [-0.05, 0) is 25.8 Å². The van der Waals surface area contributed by atoms with E-state index < -0.39 is 0 Å². The molecule has 1 aliphatic rings. The SMILES string of the molecule is Cc1nn(C)c(C)c1NC(=O)C1CCC(=O)N(C)C1c1ccccc1. The lowest BCUT2D eigenvalue weighted by Crippen LogP contribution is -2.44. The van der Waals surface area contributed by atoms with E-state index in [1.807, 2.05) is 51.2 Å². The monoisotopic (exact) mass is 340 g/mol. The third-order valence-electron chi connectivity index (χ3n) is 5.10. The van der Waals surface area contributed by atoms with Crippen LogP contribution in [0.25, 0.3) is 0 Å². The molecule has 2 unspecified atom stereocenters. The van der Waals surface area contributed by atoms with E-state index in [4.69, 9.17) is 0 Å². The molecule has 1 saturated heterocycles. The lowest BCUT2D eigenvalue weighted by atomic mass is 9.84. The fourth-order valence-electron chi connectivity index (χ4n) is 3.59. The Balaban J connectivity index is 1.90. The van der Waals surface area contributed by atoms with E-state index in [0.29, 0.717) is 12.8 Å². The molecule has 1 aliphatic heterocycles. The summed E-state index contributed by atoms with van der Waals surface area (Å²) in [5, 5.41) is 7.39. The number of aromatic nitrogens is 2. The van der Waals surface area contributed by atoms with Gasteiger partial charge in [0.1, 0.15) is 0 Å². The number of piperidine rings is 1. The van der Waals surface area contributed by atoms with E-state index in [2.05, 4.69) is 10.4 Å². The van der Waals surface area contributed by atoms with E-state index in [9.17, 15) is 9.59 Å². The quantitative estimate of drug-likeness (QED) is 0.934. The van der Waals surface area contributed by atoms with Crippen molar-refractivity contribution < 1.29 is 9.59 Å². The molecule has 0 saturated carbocycles. The summed E-state index contributed by atoms with van der Waals surface area (Å²) in [5.74, 6) is -0.275. The van der Waals surface area contributed by atoms with E-state index in [1.165, 1.54) is 0 Å². The first-order chi connectivity index (χ1) is 11.9. The molecule has 25 heavy (non-hydrogen) atoms. The Morgan fingerprint density at radius 2 is 1.88 bits per heavy atom. The first-order valence-corrected chi connectivity index (χ1v) is 8.51. The summed E-state index contributed by atoms with van der Waals surface area (Å²) < 4.78 is 1.76. The van der Waals surface area contributed by atoms with Crippen molar-refractivity contribution in [2.75, 3.05) is 12.4 Å². The molecule has 6 nitrogen and oxygen atoms in total. The number of rotatable bonds is 3. The van der Waals surface area contributed by atoms with Gasteiger partial charge < -0.3 is 10.2 Å². The van der Waals surface area contributed by atoms with Crippen LogP contribution in [0.5, 0.6) is 0 Å². The van der Waals surface area contributed by atoms with Crippen molar-refractivity contribution in [1.82, 2.24) is 14.7 Å². The van der Waals surface area contributed by atoms with Crippen molar-refractivity contribution >= 4 is 17.5 Å². The van der Waals surface area contributed by atoms with Crippen LogP contribution in [0.4, 0.5) is 5.69 Å². The number of amides is 2. The highest BCUT2D eigenvalue weighted by atomic mass is 16.2. The van der Waals surface area contributed by atoms with Crippen LogP contribution in [-0.4, -0.2) is 33.5 Å². The number of likely N-dealkylation sites (tertiary alicyclic amines) is 1. The van der Waals surface area contributed by atoms with E-state index >= 15 is 0 Å². The normalized spacial score (nSPS) is 20.6. The van der Waals surface area contributed by atoms with Gasteiger partial charge in [-0.1, -0.05) is 30.3 Å². The zero-order valence-electron chi connectivity index (χ0n) is 15.1. The summed E-state index contributed by atoms with van der Waals surface area (Å²) in [5.41, 5.74) is 3.46. The summed E-state index contributed by atoms with van der Waals surface area (Å²) in [6, 6.07) is 9.51. The Kier molecular flexibility index (Phi) is 4.61. The number of carbonyl (C=O) groups is 2. The minimum Gasteiger partial charge on any atom is -0.338 e. The third-order valence-corrected chi connectivity index (χ3v) is 5.10. The summed E-state index contributed by atoms with van der Waals surface area (Å²) >= 11 is 0. The fourth-order valence-corrected chi connectivity index (χ4v) is 3.59. The van der Waals surface area contributed by atoms with E-state index in [1.54, 1.807) is 16.6 Å². The van der Waals surface area contributed by atoms with Gasteiger partial charge in [0.2, 0.25) is 11.8 Å². The Morgan fingerprint density at radius 1 is 1.20 bits per heavy atom. The van der Waals surface area contributed by atoms with Crippen LogP contribution in [0.15, 0.2) is 30.3 Å². The predicted molar refractivity (Wildman–Crippen MR) is 96.0 cm³/mol. The summed E-state index contributed by atoms with van der Waals surface area (Å²) in [6.45, 7) is 3.81. The second kappa shape index (κ2) is 6.70. The Hall–Kier alpha value is -2.63. The largest absolute Gasteiger partial charge is 0.338 e. The third kappa shape index (κ3) is 3.16. The van der Waals surface area contributed by atoms with Crippen molar-refractivity contribution in [3.63, 3.8) is 0 Å². The Labute approximate surface area is 147 Å². The minimum atomic E-state index is -0.288. The molecule has 1 aromatic carbocycles. The zero-order chi connectivity index (χ0) is 18.1. The molecule has 1 N–H and O–H groups in total. The lowest BCUT2D eigenvalue weighted by Gasteiger charge is -2.38. The molecule has 1 fully saturated rings. The molecule has 1 aromatic heterocycles. The van der Waals surface area contributed by atoms with Crippen LogP contribution in [0.1, 0.15) is 35.8 Å². The fraction of sp³-hybridized carbons (Fsp3) is 0.421. The number of anilines is 1. The molecular weight excluding hydrogens is 316 g/mol. The highest BCUT2D eigenvalue weighted by molar-refractivity contribution is 5.95. The van der Waals surface area contributed by atoms with Crippen molar-refractivity contribution in [1.29, 1.82) is 0 Å². The highest BCUT2D eigenvalue weighted by Crippen LogP contribution is 2.36. The van der Waals surface area contributed by atoms with Gasteiger partial charge in [-0.3, -0.25) is 14.3 Å². The van der Waals surface area contributed by atoms with Crippen LogP contribution in [0.3, 0.4) is 0 Å². The van der Waals surface area contributed by atoms with Crippen LogP contribution in [-0.2, 0) is 16.6 Å². The van der Waals surface area contributed by atoms with Crippen LogP contribution < -0.4 is 5.32 Å². The molecular formula is C19H24N4O2. The van der Waals surface area contributed by atoms with Gasteiger partial charge in [0.25, 0.3) is 0 Å². The van der Waals surface area contributed by atoms with Gasteiger partial charge in [0, 0.05) is 20.5 Å². The first-order valence-electron chi connectivity index (χ1n) is 8.51. The second-order valence-corrected chi connectivity index (χ2v) is 6.66. The molecule has 0 radical (unpaired) electrons. The number of benzene rings is 1. The average Bonchev–Trinajstić information content (AvgIpc) is 2.84. The maximum atomic E-state index is 13.0. The van der Waals surface area contributed by atoms with Crippen molar-refractivity contribution in [3.8, 4) is 0 Å². The molecule has 2 amide bonds. The smallest absolute Gasteiger partial charge is 0.230 e. The highest BCUT2D eigenvalue weighted by Gasteiger charge is 2.39. The predicted octanol–water partition coefficient (Wildman–Crippen LogP) is 2.59. The van der Waals surface area contributed by atoms with Crippen LogP contribution >= 0.6 is 0 Å². The zero-order valence-corrected chi connectivity index (χ0v) is 15.1. The van der Waals surface area contributed by atoms with Gasteiger partial charge in [0.15, 0.2) is 0 Å². The van der Waals surface area contributed by atoms with Gasteiger partial charge in [-0.25, -0.2) is 0 Å². The van der Waals surface area contributed by atoms with E-state index in [0.717, 1.165) is 22.6 Å². The van der Waals surface area contributed by atoms with Crippen LogP contribution in [0, 0.1) is 19.8 Å². The van der Waals surface area contributed by atoms with Gasteiger partial charge in [-0.2, -0.15) is 5.10 Å². The molecule has 0 bridgehead atoms. The second-order valence-electron chi connectivity index (χ2n) is 6.66. The summed E-state index contributed by atoms with van der Waals surface area (Å²) in [6.07, 6.45) is 0.940. The molecule has 2 aromatic rings. The summed E-state index contributed by atoms with van der Waals surface area (Å²) in [4.78, 5) is 26.9. The number of aryl methyl sites for hydroxylation is 2. The first kappa shape index (κ1) is 17.2. The molecule has 132 valence electrons. The number of nitrogens with zero attached hydrogens (tertiary/aromatic N) is 3. The molecule has 0 aliphatic carbocycles. The Bertz CT molecular complexity index is 797. The van der Waals surface area contributed by atoms with E-state index in [-0.39, 0.29) is 23.8 Å². The minimum absolute atomic E-state index is 0.0626. The molecule has 3 rings (SSSR count). The number of carbonyl (C=O) groups excluding carboxylic acids is 2. The van der Waals surface area contributed by atoms with Gasteiger partial charge in [-0.15, -0.1) is 0 Å². The number of nitrogens with one attached hydrogen (secondary N) is 1. The van der Waals surface area contributed by atoms with Crippen molar-refractivity contribution in [2.45, 2.75) is 32.7 Å². The lowest BCUT2D eigenvalue weighted by molar-refractivity contribution is -0.140. The summed E-state index contributed by atoms with van der Waals surface area (Å²) in [7, 11) is 3.64. The number of hydrogen-bond donors (Lipinski definition) is 1. The molecule has 2 heterocycles. The number of hydrogen-bond acceptors (Lipinski definition) is 3. The van der Waals surface area contributed by atoms with Gasteiger partial charge in [0.05, 0.1) is 29.0 Å². The van der Waals surface area contributed by atoms with Gasteiger partial charge >= 0.3 is 0 Å². The Morgan fingerprint density at radius 3 is 2.48 bits per heavy atom. The molecule has 2 atom stereocenters.